The molecular formula is C23H24N4O3. The molecule has 7 heteroatoms. The molecule has 1 aliphatic heterocycles. The highest BCUT2D eigenvalue weighted by atomic mass is 16.2. The maximum Gasteiger partial charge on any atom is 0.325 e. The zero-order valence-corrected chi connectivity index (χ0v) is 17.4. The van der Waals surface area contributed by atoms with E-state index in [1.165, 1.54) is 0 Å². The first kappa shape index (κ1) is 21.1. The van der Waals surface area contributed by atoms with Crippen LogP contribution in [-0.4, -0.2) is 29.3 Å². The van der Waals surface area contributed by atoms with Crippen molar-refractivity contribution in [1.82, 2.24) is 10.2 Å². The number of rotatable bonds is 5. The summed E-state index contributed by atoms with van der Waals surface area (Å²) in [4.78, 5) is 39.1. The Morgan fingerprint density at radius 2 is 1.87 bits per heavy atom. The summed E-state index contributed by atoms with van der Waals surface area (Å²) in [5.41, 5.74) is 2.31. The predicted molar refractivity (Wildman–Crippen MR) is 113 cm³/mol. The van der Waals surface area contributed by atoms with E-state index in [2.05, 4.69) is 10.6 Å². The number of benzene rings is 2. The first-order valence-electron chi connectivity index (χ1n) is 9.71. The van der Waals surface area contributed by atoms with Gasteiger partial charge in [-0.2, -0.15) is 5.26 Å². The Morgan fingerprint density at radius 3 is 2.47 bits per heavy atom. The fourth-order valence-electron chi connectivity index (χ4n) is 3.58. The van der Waals surface area contributed by atoms with Gasteiger partial charge in [0.15, 0.2) is 0 Å². The highest BCUT2D eigenvalue weighted by Gasteiger charge is 2.49. The Balaban J connectivity index is 1.79. The van der Waals surface area contributed by atoms with Crippen LogP contribution < -0.4 is 10.6 Å². The van der Waals surface area contributed by atoms with Gasteiger partial charge in [-0.1, -0.05) is 44.2 Å². The molecule has 2 aromatic carbocycles. The van der Waals surface area contributed by atoms with Gasteiger partial charge in [0.1, 0.15) is 12.1 Å². The third-order valence-corrected chi connectivity index (χ3v) is 5.36. The van der Waals surface area contributed by atoms with Crippen LogP contribution in [0.2, 0.25) is 0 Å². The average molecular weight is 404 g/mol. The molecule has 1 unspecified atom stereocenters. The van der Waals surface area contributed by atoms with Crippen LogP contribution in [0.1, 0.15) is 48.9 Å². The van der Waals surface area contributed by atoms with Crippen molar-refractivity contribution in [3.05, 3.63) is 64.7 Å². The van der Waals surface area contributed by atoms with E-state index in [9.17, 15) is 14.4 Å². The second-order valence-electron chi connectivity index (χ2n) is 7.88. The van der Waals surface area contributed by atoms with Crippen LogP contribution in [0.25, 0.3) is 0 Å². The van der Waals surface area contributed by atoms with Gasteiger partial charge in [-0.15, -0.1) is 0 Å². The molecule has 0 aromatic heterocycles. The van der Waals surface area contributed by atoms with Crippen LogP contribution in [0.3, 0.4) is 0 Å². The quantitative estimate of drug-likeness (QED) is 0.746. The van der Waals surface area contributed by atoms with Gasteiger partial charge in [-0.3, -0.25) is 14.5 Å². The summed E-state index contributed by atoms with van der Waals surface area (Å²) < 4.78 is 0. The van der Waals surface area contributed by atoms with Crippen LogP contribution >= 0.6 is 0 Å². The van der Waals surface area contributed by atoms with Crippen molar-refractivity contribution in [2.45, 2.75) is 39.2 Å². The van der Waals surface area contributed by atoms with Gasteiger partial charge in [0, 0.05) is 5.69 Å². The minimum atomic E-state index is -1.29. The Kier molecular flexibility index (Phi) is 5.61. The molecule has 0 spiro atoms. The van der Waals surface area contributed by atoms with Gasteiger partial charge in [-0.05, 0) is 48.6 Å². The minimum Gasteiger partial charge on any atom is -0.324 e. The lowest BCUT2D eigenvalue weighted by Crippen LogP contribution is -2.42. The summed E-state index contributed by atoms with van der Waals surface area (Å²) in [5, 5.41) is 14.5. The number of carbonyl (C=O) groups excluding carboxylic acids is 3. The number of amides is 4. The van der Waals surface area contributed by atoms with E-state index in [0.29, 0.717) is 16.8 Å². The number of hydrogen-bond donors (Lipinski definition) is 2. The molecule has 1 saturated heterocycles. The molecule has 2 aromatic rings. The van der Waals surface area contributed by atoms with Gasteiger partial charge >= 0.3 is 6.03 Å². The number of nitriles is 1. The van der Waals surface area contributed by atoms with E-state index in [1.54, 1.807) is 31.2 Å². The summed E-state index contributed by atoms with van der Waals surface area (Å²) >= 11 is 0. The van der Waals surface area contributed by atoms with E-state index < -0.39 is 23.4 Å². The van der Waals surface area contributed by atoms with Gasteiger partial charge in [0.05, 0.1) is 11.6 Å². The van der Waals surface area contributed by atoms with Crippen LogP contribution in [0, 0.1) is 18.3 Å². The topological polar surface area (TPSA) is 102 Å². The van der Waals surface area contributed by atoms with Crippen LogP contribution in [0.15, 0.2) is 42.5 Å². The van der Waals surface area contributed by atoms with E-state index >= 15 is 0 Å². The number of imide groups is 1. The van der Waals surface area contributed by atoms with Gasteiger partial charge in [0.2, 0.25) is 5.91 Å². The monoisotopic (exact) mass is 404 g/mol. The van der Waals surface area contributed by atoms with E-state index in [0.717, 1.165) is 16.0 Å². The fourth-order valence-corrected chi connectivity index (χ4v) is 3.58. The van der Waals surface area contributed by atoms with E-state index in [4.69, 9.17) is 5.26 Å². The van der Waals surface area contributed by atoms with E-state index in [-0.39, 0.29) is 12.5 Å². The SMILES string of the molecule is Cc1cccc(C(C)C)c1NC(=O)CN1C(=O)NC(C)(c2ccc(C#N)cc2)C1=O. The third kappa shape index (κ3) is 3.77. The third-order valence-electron chi connectivity index (χ3n) is 5.36. The number of aryl methyl sites for hydroxylation is 1. The number of para-hydroxylation sites is 1. The molecule has 1 heterocycles. The second kappa shape index (κ2) is 7.99. The zero-order valence-electron chi connectivity index (χ0n) is 17.4. The van der Waals surface area contributed by atoms with Crippen molar-refractivity contribution in [2.75, 3.05) is 11.9 Å². The first-order valence-corrected chi connectivity index (χ1v) is 9.71. The number of hydrogen-bond acceptors (Lipinski definition) is 4. The van der Waals surface area contributed by atoms with Crippen molar-refractivity contribution < 1.29 is 14.4 Å². The molecule has 4 amide bonds. The number of nitrogens with one attached hydrogen (secondary N) is 2. The van der Waals surface area contributed by atoms with Gasteiger partial charge < -0.3 is 10.6 Å². The predicted octanol–water partition coefficient (Wildman–Crippen LogP) is 3.40. The summed E-state index contributed by atoms with van der Waals surface area (Å²) in [6.45, 7) is 7.17. The van der Waals surface area contributed by atoms with E-state index in [1.807, 2.05) is 45.0 Å². The Morgan fingerprint density at radius 1 is 1.20 bits per heavy atom. The second-order valence-corrected chi connectivity index (χ2v) is 7.88. The molecule has 1 fully saturated rings. The molecule has 1 atom stereocenters. The molecular weight excluding hydrogens is 380 g/mol. The van der Waals surface area contributed by atoms with Crippen molar-refractivity contribution in [2.24, 2.45) is 0 Å². The zero-order chi connectivity index (χ0) is 22.1. The molecule has 30 heavy (non-hydrogen) atoms. The lowest BCUT2D eigenvalue weighted by molar-refractivity contribution is -0.133. The number of urea groups is 1. The molecule has 0 aliphatic carbocycles. The summed E-state index contributed by atoms with van der Waals surface area (Å²) in [6, 6.07) is 13.6. The molecule has 1 aliphatic rings. The molecule has 0 radical (unpaired) electrons. The standard InChI is InChI=1S/C23H24N4O3/c1-14(2)18-7-5-6-15(3)20(18)25-19(28)13-27-21(29)23(4,26-22(27)30)17-10-8-16(12-24)9-11-17/h5-11,14H,13H2,1-4H3,(H,25,28)(H,26,30). The maximum absolute atomic E-state index is 13.0. The highest BCUT2D eigenvalue weighted by Crippen LogP contribution is 2.30. The van der Waals surface area contributed by atoms with Crippen molar-refractivity contribution in [1.29, 1.82) is 5.26 Å². The highest BCUT2D eigenvalue weighted by molar-refractivity contribution is 6.10. The summed E-state index contributed by atoms with van der Waals surface area (Å²) in [6.07, 6.45) is 0. The van der Waals surface area contributed by atoms with Crippen LogP contribution in [0.5, 0.6) is 0 Å². The molecule has 2 N–H and O–H groups in total. The number of carbonyl (C=O) groups is 3. The molecule has 7 nitrogen and oxygen atoms in total. The largest absolute Gasteiger partial charge is 0.325 e. The van der Waals surface area contributed by atoms with Gasteiger partial charge in [0.25, 0.3) is 5.91 Å². The molecule has 3 rings (SSSR count). The lowest BCUT2D eigenvalue weighted by atomic mass is 9.91. The summed E-state index contributed by atoms with van der Waals surface area (Å²) in [5.74, 6) is -0.753. The Bertz CT molecular complexity index is 1050. The van der Waals surface area contributed by atoms with Crippen molar-refractivity contribution in [3.63, 3.8) is 0 Å². The van der Waals surface area contributed by atoms with Crippen LogP contribution in [0.4, 0.5) is 10.5 Å². The lowest BCUT2D eigenvalue weighted by Gasteiger charge is -2.22. The number of anilines is 1. The van der Waals surface area contributed by atoms with Crippen molar-refractivity contribution >= 4 is 23.5 Å². The number of nitrogens with zero attached hydrogens (tertiary/aromatic N) is 2. The average Bonchev–Trinajstić information content (AvgIpc) is 2.93. The Labute approximate surface area is 175 Å². The smallest absolute Gasteiger partial charge is 0.324 e. The molecule has 154 valence electrons. The molecule has 0 bridgehead atoms. The maximum atomic E-state index is 13.0. The van der Waals surface area contributed by atoms with Gasteiger partial charge in [-0.25, -0.2) is 4.79 Å². The fraction of sp³-hybridized carbons (Fsp3) is 0.304. The van der Waals surface area contributed by atoms with Crippen molar-refractivity contribution in [3.8, 4) is 6.07 Å². The Hall–Kier alpha value is -3.66. The van der Waals surface area contributed by atoms with Crippen LogP contribution in [-0.2, 0) is 15.1 Å². The normalized spacial score (nSPS) is 18.3. The summed E-state index contributed by atoms with van der Waals surface area (Å²) in [7, 11) is 0. The first-order chi connectivity index (χ1) is 14.2. The molecule has 0 saturated carbocycles. The minimum absolute atomic E-state index is 0.205.